The Hall–Kier alpha value is -1.89. The lowest BCUT2D eigenvalue weighted by molar-refractivity contribution is -0.00254. The van der Waals surface area contributed by atoms with Crippen LogP contribution >= 0.6 is 0 Å². The molecule has 2 aromatic rings. The standard InChI is InChI=1S/C21H28N2O3S/c1-22(2)20-12-10-19(11-13-20)21-17-23(14-15-26-21)27(24,25)16-6-9-18-7-4-3-5-8-18/h3-5,7-8,10-13,21H,6,9,14-17H2,1-2H3. The normalized spacial score (nSPS) is 18.4. The third-order valence-corrected chi connectivity index (χ3v) is 6.84. The van der Waals surface area contributed by atoms with Crippen molar-refractivity contribution in [1.29, 1.82) is 0 Å². The fourth-order valence-corrected chi connectivity index (χ4v) is 4.78. The van der Waals surface area contributed by atoms with Crippen LogP contribution in [0.2, 0.25) is 0 Å². The summed E-state index contributed by atoms with van der Waals surface area (Å²) in [6, 6.07) is 18.1. The van der Waals surface area contributed by atoms with Crippen LogP contribution in [-0.2, 0) is 21.2 Å². The van der Waals surface area contributed by atoms with Gasteiger partial charge in [-0.25, -0.2) is 8.42 Å². The Bertz CT molecular complexity index is 820. The van der Waals surface area contributed by atoms with Gasteiger partial charge in [0.15, 0.2) is 0 Å². The third kappa shape index (κ3) is 5.31. The molecule has 0 aliphatic carbocycles. The van der Waals surface area contributed by atoms with Gasteiger partial charge in [-0.05, 0) is 36.1 Å². The average molecular weight is 389 g/mol. The molecule has 1 heterocycles. The molecule has 1 unspecified atom stereocenters. The van der Waals surface area contributed by atoms with Crippen molar-refractivity contribution >= 4 is 15.7 Å². The highest BCUT2D eigenvalue weighted by Crippen LogP contribution is 2.26. The van der Waals surface area contributed by atoms with Gasteiger partial charge in [0.1, 0.15) is 0 Å². The number of hydrogen-bond acceptors (Lipinski definition) is 4. The predicted molar refractivity (Wildman–Crippen MR) is 110 cm³/mol. The van der Waals surface area contributed by atoms with Crippen LogP contribution in [0, 0.1) is 0 Å². The maximum Gasteiger partial charge on any atom is 0.214 e. The summed E-state index contributed by atoms with van der Waals surface area (Å²) in [5.41, 5.74) is 3.30. The lowest BCUT2D eigenvalue weighted by atomic mass is 10.1. The number of hydrogen-bond donors (Lipinski definition) is 0. The molecule has 5 nitrogen and oxygen atoms in total. The zero-order valence-corrected chi connectivity index (χ0v) is 16.9. The molecule has 0 bridgehead atoms. The minimum Gasteiger partial charge on any atom is -0.378 e. The van der Waals surface area contributed by atoms with Crippen LogP contribution in [0.25, 0.3) is 0 Å². The molecule has 1 atom stereocenters. The Kier molecular flexibility index (Phi) is 6.52. The number of nitrogens with zero attached hydrogens (tertiary/aromatic N) is 2. The van der Waals surface area contributed by atoms with E-state index in [0.717, 1.165) is 17.7 Å². The Morgan fingerprint density at radius 2 is 1.78 bits per heavy atom. The van der Waals surface area contributed by atoms with Crippen molar-refractivity contribution in [2.45, 2.75) is 18.9 Å². The summed E-state index contributed by atoms with van der Waals surface area (Å²) in [5, 5.41) is 0. The molecule has 2 aromatic carbocycles. The van der Waals surface area contributed by atoms with Crippen LogP contribution in [0.15, 0.2) is 54.6 Å². The summed E-state index contributed by atoms with van der Waals surface area (Å²) in [6.07, 6.45) is 1.20. The summed E-state index contributed by atoms with van der Waals surface area (Å²) in [4.78, 5) is 2.04. The Morgan fingerprint density at radius 3 is 2.44 bits per heavy atom. The van der Waals surface area contributed by atoms with Crippen LogP contribution in [0.1, 0.15) is 23.7 Å². The van der Waals surface area contributed by atoms with Gasteiger partial charge in [-0.2, -0.15) is 4.31 Å². The van der Waals surface area contributed by atoms with Crippen molar-refractivity contribution < 1.29 is 13.2 Å². The van der Waals surface area contributed by atoms with E-state index in [4.69, 9.17) is 4.74 Å². The summed E-state index contributed by atoms with van der Waals surface area (Å²) >= 11 is 0. The molecule has 0 amide bonds. The molecule has 0 saturated carbocycles. The summed E-state index contributed by atoms with van der Waals surface area (Å²) in [6.45, 7) is 1.24. The van der Waals surface area contributed by atoms with Crippen molar-refractivity contribution in [3.05, 3.63) is 65.7 Å². The van der Waals surface area contributed by atoms with Gasteiger partial charge >= 0.3 is 0 Å². The van der Waals surface area contributed by atoms with Crippen LogP contribution in [-0.4, -0.2) is 52.3 Å². The number of rotatable bonds is 7. The van der Waals surface area contributed by atoms with E-state index in [-0.39, 0.29) is 11.9 Å². The molecule has 0 aromatic heterocycles. The van der Waals surface area contributed by atoms with E-state index in [1.807, 2.05) is 73.6 Å². The number of ether oxygens (including phenoxy) is 1. The average Bonchev–Trinajstić information content (AvgIpc) is 2.69. The molecule has 0 N–H and O–H groups in total. The first-order valence-electron chi connectivity index (χ1n) is 9.36. The van der Waals surface area contributed by atoms with Crippen LogP contribution in [0.4, 0.5) is 5.69 Å². The zero-order chi connectivity index (χ0) is 19.3. The molecular formula is C21H28N2O3S. The van der Waals surface area contributed by atoms with Crippen LogP contribution in [0.3, 0.4) is 0 Å². The van der Waals surface area contributed by atoms with Crippen LogP contribution in [0.5, 0.6) is 0 Å². The van der Waals surface area contributed by atoms with Gasteiger partial charge in [0.2, 0.25) is 10.0 Å². The second-order valence-corrected chi connectivity index (χ2v) is 9.20. The second-order valence-electron chi connectivity index (χ2n) is 7.11. The van der Waals surface area contributed by atoms with Gasteiger partial charge in [-0.15, -0.1) is 0 Å². The molecule has 1 aliphatic rings. The summed E-state index contributed by atoms with van der Waals surface area (Å²) in [7, 11) is 0.721. The topological polar surface area (TPSA) is 49.9 Å². The van der Waals surface area contributed by atoms with E-state index in [0.29, 0.717) is 26.1 Å². The molecule has 27 heavy (non-hydrogen) atoms. The minimum atomic E-state index is -3.27. The number of morpholine rings is 1. The molecule has 0 radical (unpaired) electrons. The van der Waals surface area contributed by atoms with E-state index >= 15 is 0 Å². The number of sulfonamides is 1. The highest BCUT2D eigenvalue weighted by Gasteiger charge is 2.29. The summed E-state index contributed by atoms with van der Waals surface area (Å²) in [5.74, 6) is 0.175. The largest absolute Gasteiger partial charge is 0.378 e. The lowest BCUT2D eigenvalue weighted by Gasteiger charge is -2.32. The molecule has 3 rings (SSSR count). The fourth-order valence-electron chi connectivity index (χ4n) is 3.30. The van der Waals surface area contributed by atoms with E-state index in [2.05, 4.69) is 0 Å². The van der Waals surface area contributed by atoms with Crippen molar-refractivity contribution in [3.63, 3.8) is 0 Å². The molecule has 0 spiro atoms. The molecule has 1 saturated heterocycles. The maximum atomic E-state index is 12.8. The zero-order valence-electron chi connectivity index (χ0n) is 16.0. The van der Waals surface area contributed by atoms with E-state index in [9.17, 15) is 8.42 Å². The summed E-state index contributed by atoms with van der Waals surface area (Å²) < 4.78 is 33.0. The molecule has 146 valence electrons. The monoisotopic (exact) mass is 388 g/mol. The Labute approximate surface area is 162 Å². The second kappa shape index (κ2) is 8.87. The third-order valence-electron chi connectivity index (χ3n) is 4.91. The highest BCUT2D eigenvalue weighted by molar-refractivity contribution is 7.89. The Morgan fingerprint density at radius 1 is 1.07 bits per heavy atom. The molecule has 1 fully saturated rings. The van der Waals surface area contributed by atoms with Gasteiger partial charge < -0.3 is 9.64 Å². The Balaban J connectivity index is 1.59. The highest BCUT2D eigenvalue weighted by atomic mass is 32.2. The smallest absolute Gasteiger partial charge is 0.214 e. The maximum absolute atomic E-state index is 12.8. The van der Waals surface area contributed by atoms with E-state index < -0.39 is 10.0 Å². The first-order valence-corrected chi connectivity index (χ1v) is 11.0. The van der Waals surface area contributed by atoms with Gasteiger partial charge in [-0.3, -0.25) is 0 Å². The van der Waals surface area contributed by atoms with Gasteiger partial charge in [0.25, 0.3) is 0 Å². The predicted octanol–water partition coefficient (Wildman–Crippen LogP) is 3.09. The van der Waals surface area contributed by atoms with Crippen LogP contribution < -0.4 is 4.90 Å². The SMILES string of the molecule is CN(C)c1ccc(C2CN(S(=O)(=O)CCCc3ccccc3)CCO2)cc1. The first kappa shape index (κ1) is 19.9. The minimum absolute atomic E-state index is 0.175. The lowest BCUT2D eigenvalue weighted by Crippen LogP contribution is -2.43. The van der Waals surface area contributed by atoms with Crippen molar-refractivity contribution in [1.82, 2.24) is 4.31 Å². The number of benzene rings is 2. The van der Waals surface area contributed by atoms with Crippen molar-refractivity contribution in [2.24, 2.45) is 0 Å². The number of aryl methyl sites for hydroxylation is 1. The molecular weight excluding hydrogens is 360 g/mol. The number of anilines is 1. The van der Waals surface area contributed by atoms with Crippen molar-refractivity contribution in [2.75, 3.05) is 44.4 Å². The first-order chi connectivity index (χ1) is 13.0. The molecule has 6 heteroatoms. The molecule has 1 aliphatic heterocycles. The van der Waals surface area contributed by atoms with E-state index in [1.165, 1.54) is 5.56 Å². The van der Waals surface area contributed by atoms with Gasteiger partial charge in [0, 0.05) is 32.9 Å². The fraction of sp³-hybridized carbons (Fsp3) is 0.429. The van der Waals surface area contributed by atoms with E-state index in [1.54, 1.807) is 4.31 Å². The van der Waals surface area contributed by atoms with Gasteiger partial charge in [0.05, 0.1) is 18.5 Å². The van der Waals surface area contributed by atoms with Crippen molar-refractivity contribution in [3.8, 4) is 0 Å². The van der Waals surface area contributed by atoms with Gasteiger partial charge in [-0.1, -0.05) is 42.5 Å². The quantitative estimate of drug-likeness (QED) is 0.731.